The van der Waals surface area contributed by atoms with Crippen LogP contribution in [0.25, 0.3) is 0 Å². The summed E-state index contributed by atoms with van der Waals surface area (Å²) in [7, 11) is -3.20. The first-order valence-corrected chi connectivity index (χ1v) is 8.55. The van der Waals surface area contributed by atoms with E-state index >= 15 is 0 Å². The number of hydrogen-bond donors (Lipinski definition) is 1. The molecule has 1 N–H and O–H groups in total. The molecule has 0 radical (unpaired) electrons. The Balaban J connectivity index is 0.000000861. The van der Waals surface area contributed by atoms with E-state index in [9.17, 15) is 8.42 Å². The molecule has 0 saturated heterocycles. The van der Waals surface area contributed by atoms with Gasteiger partial charge in [-0.3, -0.25) is 5.10 Å². The van der Waals surface area contributed by atoms with Crippen LogP contribution >= 0.6 is 0 Å². The highest BCUT2D eigenvalue weighted by atomic mass is 32.2. The molecule has 0 amide bonds. The molecule has 0 spiro atoms. The van der Waals surface area contributed by atoms with Crippen molar-refractivity contribution in [3.63, 3.8) is 0 Å². The lowest BCUT2D eigenvalue weighted by Gasteiger charge is -2.26. The first-order chi connectivity index (χ1) is 9.02. The second kappa shape index (κ2) is 6.52. The Kier molecular flexibility index (Phi) is 5.55. The molecule has 110 valence electrons. The summed E-state index contributed by atoms with van der Waals surface area (Å²) in [6.07, 6.45) is 3.04. The van der Waals surface area contributed by atoms with Crippen LogP contribution < -0.4 is 0 Å². The van der Waals surface area contributed by atoms with Gasteiger partial charge < -0.3 is 0 Å². The predicted molar refractivity (Wildman–Crippen MR) is 77.2 cm³/mol. The third-order valence-corrected chi connectivity index (χ3v) is 6.19. The van der Waals surface area contributed by atoms with Crippen LogP contribution in [-0.2, 0) is 16.6 Å². The maximum atomic E-state index is 12.5. The summed E-state index contributed by atoms with van der Waals surface area (Å²) in [5.74, 6) is 0. The van der Waals surface area contributed by atoms with Gasteiger partial charge in [0.25, 0.3) is 0 Å². The van der Waals surface area contributed by atoms with Gasteiger partial charge in [0.15, 0.2) is 0 Å². The van der Waals surface area contributed by atoms with Gasteiger partial charge in [0.1, 0.15) is 0 Å². The van der Waals surface area contributed by atoms with Crippen molar-refractivity contribution < 1.29 is 8.42 Å². The zero-order chi connectivity index (χ0) is 14.6. The molecule has 1 aliphatic rings. The van der Waals surface area contributed by atoms with Crippen LogP contribution in [0.1, 0.15) is 64.8 Å². The number of hydrogen-bond acceptors (Lipinski definition) is 3. The fourth-order valence-corrected chi connectivity index (χ4v) is 4.56. The van der Waals surface area contributed by atoms with Crippen LogP contribution in [0.3, 0.4) is 0 Å². The van der Waals surface area contributed by atoms with E-state index in [4.69, 9.17) is 0 Å². The predicted octanol–water partition coefficient (Wildman–Crippen LogP) is 2.83. The molecular formula is C13H25N3O2S. The summed E-state index contributed by atoms with van der Waals surface area (Å²) in [6.45, 7) is 10.2. The molecule has 0 fully saturated rings. The minimum atomic E-state index is -3.20. The lowest BCUT2D eigenvalue weighted by atomic mass is 10.2. The SMILES string of the molecule is CC.CCC(CC)S(=O)(=O)N1Cc2cn[nH]c2C1C. The molecule has 2 heterocycles. The number of nitrogens with zero attached hydrogens (tertiary/aromatic N) is 2. The van der Waals surface area contributed by atoms with Crippen LogP contribution in [0, 0.1) is 0 Å². The molecule has 1 aliphatic heterocycles. The van der Waals surface area contributed by atoms with E-state index in [0.29, 0.717) is 19.4 Å². The van der Waals surface area contributed by atoms with Crippen molar-refractivity contribution in [2.75, 3.05) is 0 Å². The van der Waals surface area contributed by atoms with Crippen molar-refractivity contribution in [2.24, 2.45) is 0 Å². The Bertz CT molecular complexity index is 492. The first-order valence-electron chi connectivity index (χ1n) is 7.05. The summed E-state index contributed by atoms with van der Waals surface area (Å²) in [5.41, 5.74) is 1.92. The van der Waals surface area contributed by atoms with Crippen LogP contribution in [0.5, 0.6) is 0 Å². The van der Waals surface area contributed by atoms with Gasteiger partial charge in [0.2, 0.25) is 10.0 Å². The zero-order valence-electron chi connectivity index (χ0n) is 12.5. The van der Waals surface area contributed by atoms with E-state index in [1.807, 2.05) is 34.6 Å². The van der Waals surface area contributed by atoms with Gasteiger partial charge in [-0.05, 0) is 19.8 Å². The Morgan fingerprint density at radius 2 is 2.00 bits per heavy atom. The van der Waals surface area contributed by atoms with Gasteiger partial charge >= 0.3 is 0 Å². The molecule has 1 unspecified atom stereocenters. The molecule has 0 aliphatic carbocycles. The molecule has 1 atom stereocenters. The second-order valence-electron chi connectivity index (χ2n) is 4.51. The van der Waals surface area contributed by atoms with Gasteiger partial charge in [0, 0.05) is 12.1 Å². The molecule has 0 saturated carbocycles. The highest BCUT2D eigenvalue weighted by Crippen LogP contribution is 2.35. The number of aromatic nitrogens is 2. The quantitative estimate of drug-likeness (QED) is 0.926. The molecule has 0 aromatic carbocycles. The topological polar surface area (TPSA) is 66.1 Å². The monoisotopic (exact) mass is 287 g/mol. The summed E-state index contributed by atoms with van der Waals surface area (Å²) >= 11 is 0. The first kappa shape index (κ1) is 16.2. The van der Waals surface area contributed by atoms with Gasteiger partial charge in [0.05, 0.1) is 23.2 Å². The smallest absolute Gasteiger partial charge is 0.217 e. The summed E-state index contributed by atoms with van der Waals surface area (Å²) in [6, 6.07) is -0.127. The number of rotatable bonds is 4. The molecule has 1 aromatic rings. The minimum Gasteiger partial charge on any atom is -0.281 e. The Morgan fingerprint density at radius 3 is 2.47 bits per heavy atom. The average molecular weight is 287 g/mol. The molecule has 19 heavy (non-hydrogen) atoms. The van der Waals surface area contributed by atoms with Gasteiger partial charge in [-0.2, -0.15) is 9.40 Å². The van der Waals surface area contributed by atoms with Gasteiger partial charge in [-0.15, -0.1) is 0 Å². The lowest BCUT2D eigenvalue weighted by molar-refractivity contribution is 0.356. The van der Waals surface area contributed by atoms with E-state index in [-0.39, 0.29) is 11.3 Å². The van der Waals surface area contributed by atoms with Crippen molar-refractivity contribution in [1.29, 1.82) is 0 Å². The third-order valence-electron chi connectivity index (χ3n) is 3.59. The molecule has 5 nitrogen and oxygen atoms in total. The molecule has 0 bridgehead atoms. The number of fused-ring (bicyclic) bond motifs is 1. The van der Waals surface area contributed by atoms with Gasteiger partial charge in [-0.1, -0.05) is 27.7 Å². The second-order valence-corrected chi connectivity index (χ2v) is 6.68. The number of aromatic amines is 1. The van der Waals surface area contributed by atoms with Crippen molar-refractivity contribution >= 4 is 10.0 Å². The fourth-order valence-electron chi connectivity index (χ4n) is 2.47. The van der Waals surface area contributed by atoms with Crippen LogP contribution in [0.4, 0.5) is 0 Å². The lowest BCUT2D eigenvalue weighted by Crippen LogP contribution is -2.36. The van der Waals surface area contributed by atoms with Crippen LogP contribution in [0.15, 0.2) is 6.20 Å². The average Bonchev–Trinajstić information content (AvgIpc) is 2.97. The summed E-state index contributed by atoms with van der Waals surface area (Å²) < 4.78 is 26.5. The van der Waals surface area contributed by atoms with E-state index in [2.05, 4.69) is 10.2 Å². The number of nitrogens with one attached hydrogen (secondary N) is 1. The van der Waals surface area contributed by atoms with E-state index in [0.717, 1.165) is 11.3 Å². The molecule has 2 rings (SSSR count). The zero-order valence-corrected chi connectivity index (χ0v) is 13.3. The van der Waals surface area contributed by atoms with E-state index in [1.54, 1.807) is 10.5 Å². The Hall–Kier alpha value is -0.880. The maximum absolute atomic E-state index is 12.5. The molecule has 1 aromatic heterocycles. The summed E-state index contributed by atoms with van der Waals surface area (Å²) in [4.78, 5) is 0. The van der Waals surface area contributed by atoms with E-state index < -0.39 is 10.0 Å². The van der Waals surface area contributed by atoms with Crippen molar-refractivity contribution in [3.8, 4) is 0 Å². The van der Waals surface area contributed by atoms with E-state index in [1.165, 1.54) is 0 Å². The number of sulfonamides is 1. The molecular weight excluding hydrogens is 262 g/mol. The maximum Gasteiger partial charge on any atom is 0.217 e. The summed E-state index contributed by atoms with van der Waals surface area (Å²) in [5, 5.41) is 6.56. The Morgan fingerprint density at radius 1 is 1.42 bits per heavy atom. The fraction of sp³-hybridized carbons (Fsp3) is 0.769. The van der Waals surface area contributed by atoms with Crippen molar-refractivity contribution in [3.05, 3.63) is 17.5 Å². The standard InChI is InChI=1S/C11H19N3O2S.C2H6/c1-4-10(5-2)17(15,16)14-7-9-6-12-13-11(9)8(14)3;1-2/h6,8,10H,4-5,7H2,1-3H3,(H,12,13);1-2H3. The highest BCUT2D eigenvalue weighted by Gasteiger charge is 2.39. The highest BCUT2D eigenvalue weighted by molar-refractivity contribution is 7.89. The van der Waals surface area contributed by atoms with Crippen molar-refractivity contribution in [2.45, 2.75) is 65.3 Å². The van der Waals surface area contributed by atoms with Crippen LogP contribution in [-0.4, -0.2) is 28.2 Å². The van der Waals surface area contributed by atoms with Gasteiger partial charge in [-0.25, -0.2) is 8.42 Å². The van der Waals surface area contributed by atoms with Crippen LogP contribution in [0.2, 0.25) is 0 Å². The molecule has 6 heteroatoms. The van der Waals surface area contributed by atoms with Crippen molar-refractivity contribution in [1.82, 2.24) is 14.5 Å². The number of H-pyrrole nitrogens is 1. The minimum absolute atomic E-state index is 0.127. The normalized spacial score (nSPS) is 19.2. The third kappa shape index (κ3) is 2.84. The Labute approximate surface area is 116 Å². The largest absolute Gasteiger partial charge is 0.281 e.